The summed E-state index contributed by atoms with van der Waals surface area (Å²) in [6.45, 7) is 4.52. The molecule has 106 valence electrons. The Bertz CT molecular complexity index is 411. The van der Waals surface area contributed by atoms with Crippen molar-refractivity contribution in [1.29, 1.82) is 0 Å². The normalized spacial score (nSPS) is 28.9. The maximum Gasteiger partial charge on any atom is 0.122 e. The van der Waals surface area contributed by atoms with Gasteiger partial charge in [-0.3, -0.25) is 0 Å². The minimum Gasteiger partial charge on any atom is -0.496 e. The van der Waals surface area contributed by atoms with Crippen LogP contribution >= 0.6 is 23.5 Å². The number of ether oxygens (including phenoxy) is 1. The maximum absolute atomic E-state index is 10.5. The van der Waals surface area contributed by atoms with E-state index in [4.69, 9.17) is 4.74 Å². The molecule has 0 saturated carbocycles. The molecule has 1 heterocycles. The van der Waals surface area contributed by atoms with Gasteiger partial charge in [-0.25, -0.2) is 0 Å². The number of thioether (sulfide) groups is 2. The second-order valence-electron chi connectivity index (χ2n) is 5.00. The van der Waals surface area contributed by atoms with Crippen molar-refractivity contribution in [1.82, 2.24) is 0 Å². The zero-order valence-electron chi connectivity index (χ0n) is 11.7. The van der Waals surface area contributed by atoms with E-state index in [2.05, 4.69) is 13.8 Å². The van der Waals surface area contributed by atoms with Gasteiger partial charge in [0.1, 0.15) is 5.75 Å². The van der Waals surface area contributed by atoms with E-state index < -0.39 is 0 Å². The highest BCUT2D eigenvalue weighted by atomic mass is 32.2. The Morgan fingerprint density at radius 2 is 2.05 bits per heavy atom. The standard InChI is InChI=1S/C15H22O2S2/c1-10-11(2)19-15(9-18-10)13(16)8-12-6-4-5-7-14(12)17-3/h4-7,10-11,13,15-16H,8-9H2,1-3H3. The smallest absolute Gasteiger partial charge is 0.122 e. The van der Waals surface area contributed by atoms with Crippen LogP contribution in [0.15, 0.2) is 24.3 Å². The number of hydrogen-bond acceptors (Lipinski definition) is 4. The van der Waals surface area contributed by atoms with Gasteiger partial charge in [-0.1, -0.05) is 32.0 Å². The minimum absolute atomic E-state index is 0.302. The van der Waals surface area contributed by atoms with Crippen LogP contribution < -0.4 is 4.74 Å². The molecule has 19 heavy (non-hydrogen) atoms. The van der Waals surface area contributed by atoms with Crippen LogP contribution in [0, 0.1) is 0 Å². The molecule has 0 aromatic heterocycles. The van der Waals surface area contributed by atoms with Gasteiger partial charge in [0.15, 0.2) is 0 Å². The third-order valence-corrected chi connectivity index (χ3v) is 7.16. The van der Waals surface area contributed by atoms with E-state index in [1.807, 2.05) is 47.8 Å². The van der Waals surface area contributed by atoms with Gasteiger partial charge in [0, 0.05) is 27.9 Å². The summed E-state index contributed by atoms with van der Waals surface area (Å²) in [5.74, 6) is 1.91. The fourth-order valence-corrected chi connectivity index (χ4v) is 5.25. The quantitative estimate of drug-likeness (QED) is 0.924. The summed E-state index contributed by atoms with van der Waals surface area (Å²) in [4.78, 5) is 0. The number of methoxy groups -OCH3 is 1. The van der Waals surface area contributed by atoms with Crippen LogP contribution in [0.25, 0.3) is 0 Å². The first-order chi connectivity index (χ1) is 9.11. The summed E-state index contributed by atoms with van der Waals surface area (Å²) >= 11 is 3.89. The highest BCUT2D eigenvalue weighted by molar-refractivity contribution is 8.07. The summed E-state index contributed by atoms with van der Waals surface area (Å²) in [5, 5.41) is 12.1. The molecule has 0 aliphatic carbocycles. The molecule has 1 fully saturated rings. The average Bonchev–Trinajstić information content (AvgIpc) is 2.42. The molecule has 1 aliphatic rings. The number of benzene rings is 1. The second kappa shape index (κ2) is 6.91. The van der Waals surface area contributed by atoms with Crippen LogP contribution in [0.4, 0.5) is 0 Å². The lowest BCUT2D eigenvalue weighted by Gasteiger charge is -2.34. The van der Waals surface area contributed by atoms with Crippen molar-refractivity contribution >= 4 is 23.5 Å². The zero-order valence-corrected chi connectivity index (χ0v) is 13.3. The van der Waals surface area contributed by atoms with Crippen molar-refractivity contribution in [3.8, 4) is 5.75 Å². The summed E-state index contributed by atoms with van der Waals surface area (Å²) in [6, 6.07) is 7.95. The SMILES string of the molecule is COc1ccccc1CC(O)C1CSC(C)C(C)S1. The van der Waals surface area contributed by atoms with Crippen LogP contribution in [0.2, 0.25) is 0 Å². The largest absolute Gasteiger partial charge is 0.496 e. The summed E-state index contributed by atoms with van der Waals surface area (Å²) in [6.07, 6.45) is 0.368. The Morgan fingerprint density at radius 3 is 2.74 bits per heavy atom. The topological polar surface area (TPSA) is 29.5 Å². The van der Waals surface area contributed by atoms with Crippen molar-refractivity contribution in [2.75, 3.05) is 12.9 Å². The Morgan fingerprint density at radius 1 is 1.32 bits per heavy atom. The number of rotatable bonds is 4. The van der Waals surface area contributed by atoms with Gasteiger partial charge in [-0.2, -0.15) is 23.5 Å². The lowest BCUT2D eigenvalue weighted by atomic mass is 10.1. The van der Waals surface area contributed by atoms with E-state index in [9.17, 15) is 5.11 Å². The van der Waals surface area contributed by atoms with Crippen LogP contribution in [0.3, 0.4) is 0 Å². The molecule has 0 spiro atoms. The molecule has 1 aromatic carbocycles. The number of aliphatic hydroxyl groups excluding tert-OH is 1. The third kappa shape index (κ3) is 3.83. The van der Waals surface area contributed by atoms with Crippen molar-refractivity contribution in [3.05, 3.63) is 29.8 Å². The fourth-order valence-electron chi connectivity index (χ4n) is 2.24. The molecule has 4 heteroatoms. The van der Waals surface area contributed by atoms with E-state index >= 15 is 0 Å². The Labute approximate surface area is 124 Å². The van der Waals surface area contributed by atoms with Gasteiger partial charge in [0.25, 0.3) is 0 Å². The van der Waals surface area contributed by atoms with E-state index in [1.54, 1.807) is 7.11 Å². The molecular weight excluding hydrogens is 276 g/mol. The van der Waals surface area contributed by atoms with Crippen molar-refractivity contribution in [2.24, 2.45) is 0 Å². The first kappa shape index (κ1) is 15.1. The fraction of sp³-hybridized carbons (Fsp3) is 0.600. The molecule has 1 aliphatic heterocycles. The number of para-hydroxylation sites is 1. The lowest BCUT2D eigenvalue weighted by molar-refractivity contribution is 0.176. The second-order valence-corrected chi connectivity index (χ2v) is 8.03. The molecule has 2 nitrogen and oxygen atoms in total. The maximum atomic E-state index is 10.5. The first-order valence-corrected chi connectivity index (χ1v) is 8.68. The minimum atomic E-state index is -0.302. The molecule has 4 unspecified atom stereocenters. The highest BCUT2D eigenvalue weighted by Crippen LogP contribution is 2.38. The van der Waals surface area contributed by atoms with Gasteiger partial charge in [-0.15, -0.1) is 0 Å². The molecule has 4 atom stereocenters. The van der Waals surface area contributed by atoms with Crippen LogP contribution in [0.1, 0.15) is 19.4 Å². The van der Waals surface area contributed by atoms with E-state index in [0.29, 0.717) is 22.2 Å². The van der Waals surface area contributed by atoms with Crippen molar-refractivity contribution < 1.29 is 9.84 Å². The molecule has 1 saturated heterocycles. The summed E-state index contributed by atoms with van der Waals surface area (Å²) in [7, 11) is 1.68. The van der Waals surface area contributed by atoms with Crippen molar-refractivity contribution in [2.45, 2.75) is 42.1 Å². The third-order valence-electron chi connectivity index (χ3n) is 3.62. The van der Waals surface area contributed by atoms with E-state index in [0.717, 1.165) is 17.1 Å². The molecular formula is C15H22O2S2. The van der Waals surface area contributed by atoms with Crippen LogP contribution in [-0.2, 0) is 6.42 Å². The predicted molar refractivity (Wildman–Crippen MR) is 85.5 cm³/mol. The predicted octanol–water partition coefficient (Wildman–Crippen LogP) is 3.22. The van der Waals surface area contributed by atoms with Gasteiger partial charge in [0.05, 0.1) is 13.2 Å². The number of hydrogen-bond donors (Lipinski definition) is 1. The molecule has 1 aromatic rings. The van der Waals surface area contributed by atoms with E-state index in [1.165, 1.54) is 0 Å². The Kier molecular flexibility index (Phi) is 5.48. The molecule has 0 bridgehead atoms. The van der Waals surface area contributed by atoms with Crippen LogP contribution in [0.5, 0.6) is 5.75 Å². The molecule has 0 amide bonds. The van der Waals surface area contributed by atoms with Crippen molar-refractivity contribution in [3.63, 3.8) is 0 Å². The zero-order chi connectivity index (χ0) is 13.8. The van der Waals surface area contributed by atoms with E-state index in [-0.39, 0.29) is 6.10 Å². The number of aliphatic hydroxyl groups is 1. The molecule has 0 radical (unpaired) electrons. The Balaban J connectivity index is 1.99. The monoisotopic (exact) mass is 298 g/mol. The lowest BCUT2D eigenvalue weighted by Crippen LogP contribution is -2.35. The van der Waals surface area contributed by atoms with Gasteiger partial charge >= 0.3 is 0 Å². The first-order valence-electron chi connectivity index (χ1n) is 6.69. The summed E-state index contributed by atoms with van der Waals surface area (Å²) < 4.78 is 5.35. The van der Waals surface area contributed by atoms with Crippen LogP contribution in [-0.4, -0.2) is 39.8 Å². The average molecular weight is 298 g/mol. The Hall–Kier alpha value is -0.320. The summed E-state index contributed by atoms with van der Waals surface area (Å²) in [5.41, 5.74) is 1.09. The molecule has 1 N–H and O–H groups in total. The highest BCUT2D eigenvalue weighted by Gasteiger charge is 2.30. The molecule has 2 rings (SSSR count). The van der Waals surface area contributed by atoms with Gasteiger partial charge < -0.3 is 9.84 Å². The van der Waals surface area contributed by atoms with Gasteiger partial charge in [-0.05, 0) is 11.6 Å². The van der Waals surface area contributed by atoms with Gasteiger partial charge in [0.2, 0.25) is 0 Å².